The molecule has 2 heterocycles. The monoisotopic (exact) mass is 502 g/mol. The molecule has 2 saturated heterocycles. The molecule has 0 aromatic heterocycles. The average Bonchev–Trinajstić information content (AvgIpc) is 3.14. The van der Waals surface area contributed by atoms with E-state index in [0.717, 1.165) is 5.56 Å². The first-order chi connectivity index (χ1) is 15.1. The minimum Gasteiger partial charge on any atom is -0.390 e. The van der Waals surface area contributed by atoms with Crippen molar-refractivity contribution in [3.8, 4) is 0 Å². The zero-order valence-electron chi connectivity index (χ0n) is 20.9. The van der Waals surface area contributed by atoms with E-state index in [1.54, 1.807) is 12.1 Å². The van der Waals surface area contributed by atoms with E-state index in [2.05, 4.69) is 33.9 Å². The molecule has 0 bridgehead atoms. The fourth-order valence-electron chi connectivity index (χ4n) is 3.51. The molecule has 188 valence electrons. The summed E-state index contributed by atoms with van der Waals surface area (Å²) in [5.74, 6) is -0.738. The fourth-order valence-corrected chi connectivity index (χ4v) is 5.53. The third-order valence-corrected chi connectivity index (χ3v) is 12.1. The number of aryl methyl sites for hydroxylation is 1. The van der Waals surface area contributed by atoms with Crippen LogP contribution in [0.4, 0.5) is 0 Å². The average molecular weight is 503 g/mol. The predicted molar refractivity (Wildman–Crippen MR) is 126 cm³/mol. The minimum absolute atomic E-state index is 0.0235. The summed E-state index contributed by atoms with van der Waals surface area (Å²) in [7, 11) is -5.92. The molecule has 0 N–H and O–H groups in total. The summed E-state index contributed by atoms with van der Waals surface area (Å²) in [4.78, 5) is 0.124. The number of hydrogen-bond donors (Lipinski definition) is 0. The molecule has 0 amide bonds. The van der Waals surface area contributed by atoms with Crippen LogP contribution in [0.25, 0.3) is 0 Å². The SMILES string of the molecule is Cc1ccc(S(=O)(=O)OCCOC[C@H]2O[C@@H](O[Si](C)(C)C(C)(C)C)[C@@H]3OC(C)(C)O[C@@H]32)cc1. The van der Waals surface area contributed by atoms with Crippen LogP contribution < -0.4 is 0 Å². The van der Waals surface area contributed by atoms with Crippen LogP contribution in [0.15, 0.2) is 29.2 Å². The normalized spacial score (nSPS) is 27.6. The molecule has 0 spiro atoms. The molecule has 0 unspecified atom stereocenters. The highest BCUT2D eigenvalue weighted by atomic mass is 32.2. The fraction of sp³-hybridized carbons (Fsp3) is 0.739. The van der Waals surface area contributed by atoms with Crippen molar-refractivity contribution in [2.24, 2.45) is 0 Å². The van der Waals surface area contributed by atoms with Crippen LogP contribution in [0, 0.1) is 6.92 Å². The zero-order valence-corrected chi connectivity index (χ0v) is 22.7. The smallest absolute Gasteiger partial charge is 0.297 e. The Morgan fingerprint density at radius 1 is 1.03 bits per heavy atom. The lowest BCUT2D eigenvalue weighted by molar-refractivity contribution is -0.221. The molecule has 1 aromatic carbocycles. The lowest BCUT2D eigenvalue weighted by atomic mass is 10.1. The third-order valence-electron chi connectivity index (χ3n) is 6.38. The Hall–Kier alpha value is -0.853. The molecular formula is C23H38O8SSi. The van der Waals surface area contributed by atoms with Gasteiger partial charge < -0.3 is 23.4 Å². The van der Waals surface area contributed by atoms with Crippen LogP contribution in [-0.4, -0.2) is 66.9 Å². The van der Waals surface area contributed by atoms with E-state index in [0.29, 0.717) is 0 Å². The molecule has 4 atom stereocenters. The van der Waals surface area contributed by atoms with Crippen LogP contribution in [-0.2, 0) is 37.7 Å². The summed E-state index contributed by atoms with van der Waals surface area (Å²) < 4.78 is 60.2. The van der Waals surface area contributed by atoms with E-state index in [1.165, 1.54) is 12.1 Å². The second-order valence-corrected chi connectivity index (χ2v) is 17.0. The molecular weight excluding hydrogens is 464 g/mol. The van der Waals surface area contributed by atoms with Gasteiger partial charge in [0.2, 0.25) is 0 Å². The lowest BCUT2D eigenvalue weighted by Crippen LogP contribution is -2.47. The molecule has 10 heteroatoms. The van der Waals surface area contributed by atoms with Crippen molar-refractivity contribution in [2.75, 3.05) is 19.8 Å². The summed E-state index contributed by atoms with van der Waals surface area (Å²) in [6, 6.07) is 6.52. The Morgan fingerprint density at radius 3 is 2.24 bits per heavy atom. The Morgan fingerprint density at radius 2 is 1.64 bits per heavy atom. The highest BCUT2D eigenvalue weighted by molar-refractivity contribution is 7.86. The molecule has 8 nitrogen and oxygen atoms in total. The van der Waals surface area contributed by atoms with Gasteiger partial charge in [-0.1, -0.05) is 38.5 Å². The van der Waals surface area contributed by atoms with Crippen molar-refractivity contribution in [1.29, 1.82) is 0 Å². The first kappa shape index (κ1) is 26.7. The van der Waals surface area contributed by atoms with E-state index in [9.17, 15) is 8.42 Å². The van der Waals surface area contributed by atoms with Crippen LogP contribution >= 0.6 is 0 Å². The Kier molecular flexibility index (Phi) is 7.83. The molecule has 33 heavy (non-hydrogen) atoms. The zero-order chi connectivity index (χ0) is 24.7. The summed E-state index contributed by atoms with van der Waals surface area (Å²) in [5.41, 5.74) is 0.976. The quantitative estimate of drug-likeness (QED) is 0.285. The van der Waals surface area contributed by atoms with Crippen molar-refractivity contribution in [1.82, 2.24) is 0 Å². The number of ether oxygens (including phenoxy) is 4. The van der Waals surface area contributed by atoms with Crippen molar-refractivity contribution in [2.45, 2.75) is 95.0 Å². The molecule has 3 rings (SSSR count). The molecule has 2 fully saturated rings. The van der Waals surface area contributed by atoms with E-state index >= 15 is 0 Å². The summed E-state index contributed by atoms with van der Waals surface area (Å²) in [6.07, 6.45) is -1.60. The van der Waals surface area contributed by atoms with Gasteiger partial charge in [-0.05, 0) is 51.0 Å². The summed E-state index contributed by atoms with van der Waals surface area (Å²) in [5, 5.41) is 0.0235. The van der Waals surface area contributed by atoms with Gasteiger partial charge in [0.1, 0.15) is 18.3 Å². The second-order valence-electron chi connectivity index (χ2n) is 10.6. The van der Waals surface area contributed by atoms with Crippen molar-refractivity contribution in [3.05, 3.63) is 29.8 Å². The largest absolute Gasteiger partial charge is 0.390 e. The maximum atomic E-state index is 12.3. The molecule has 0 radical (unpaired) electrons. The molecule has 1 aromatic rings. The number of benzene rings is 1. The number of hydrogen-bond acceptors (Lipinski definition) is 8. The van der Waals surface area contributed by atoms with Gasteiger partial charge in [-0.3, -0.25) is 4.18 Å². The van der Waals surface area contributed by atoms with Gasteiger partial charge >= 0.3 is 0 Å². The van der Waals surface area contributed by atoms with Crippen molar-refractivity contribution >= 4 is 18.4 Å². The van der Waals surface area contributed by atoms with Gasteiger partial charge in [0.05, 0.1) is 24.7 Å². The molecule has 2 aliphatic rings. The van der Waals surface area contributed by atoms with Crippen LogP contribution in [0.1, 0.15) is 40.2 Å². The van der Waals surface area contributed by atoms with Crippen LogP contribution in [0.2, 0.25) is 18.1 Å². The van der Waals surface area contributed by atoms with Crippen molar-refractivity contribution in [3.63, 3.8) is 0 Å². The Balaban J connectivity index is 1.53. The topological polar surface area (TPSA) is 89.5 Å². The maximum Gasteiger partial charge on any atom is 0.297 e. The van der Waals surface area contributed by atoms with Crippen LogP contribution in [0.5, 0.6) is 0 Å². The molecule has 0 saturated carbocycles. The highest BCUT2D eigenvalue weighted by Crippen LogP contribution is 2.43. The lowest BCUT2D eigenvalue weighted by Gasteiger charge is -2.39. The van der Waals surface area contributed by atoms with Gasteiger partial charge in [0, 0.05) is 0 Å². The van der Waals surface area contributed by atoms with Crippen LogP contribution in [0.3, 0.4) is 0 Å². The van der Waals surface area contributed by atoms with E-state index in [1.807, 2.05) is 20.8 Å². The first-order valence-electron chi connectivity index (χ1n) is 11.3. The predicted octanol–water partition coefficient (Wildman–Crippen LogP) is 3.98. The van der Waals surface area contributed by atoms with E-state index in [4.69, 9.17) is 27.6 Å². The maximum absolute atomic E-state index is 12.3. The minimum atomic E-state index is -3.82. The standard InChI is InChI=1S/C23H38O8SSi/c1-16-9-11-17(12-10-16)32(24,25)27-14-13-26-15-18-19-20(30-23(5,6)29-19)21(28-18)31-33(7,8)22(2,3)4/h9-12,18-21H,13-15H2,1-8H3/t18-,19-,20-,21+/m1/s1. The first-order valence-corrected chi connectivity index (χ1v) is 15.7. The molecule has 2 aliphatic heterocycles. The van der Waals surface area contributed by atoms with Gasteiger partial charge in [-0.25, -0.2) is 0 Å². The van der Waals surface area contributed by atoms with E-state index < -0.39 is 30.5 Å². The van der Waals surface area contributed by atoms with Gasteiger partial charge in [-0.2, -0.15) is 8.42 Å². The highest BCUT2D eigenvalue weighted by Gasteiger charge is 2.57. The summed E-state index contributed by atoms with van der Waals surface area (Å²) in [6.45, 7) is 16.7. The number of rotatable bonds is 9. The summed E-state index contributed by atoms with van der Waals surface area (Å²) >= 11 is 0. The number of fused-ring (bicyclic) bond motifs is 1. The van der Waals surface area contributed by atoms with E-state index in [-0.39, 0.29) is 48.1 Å². The third kappa shape index (κ3) is 6.43. The second kappa shape index (κ2) is 9.66. The molecule has 0 aliphatic carbocycles. The van der Waals surface area contributed by atoms with Crippen molar-refractivity contribution < 1.29 is 36.0 Å². The van der Waals surface area contributed by atoms with Gasteiger partial charge in [-0.15, -0.1) is 0 Å². The Labute approximate surface area is 199 Å². The Bertz CT molecular complexity index is 907. The van der Waals surface area contributed by atoms with Gasteiger partial charge in [0.25, 0.3) is 10.1 Å². The van der Waals surface area contributed by atoms with Gasteiger partial charge in [0.15, 0.2) is 20.4 Å².